The maximum atomic E-state index is 12.3. The topological polar surface area (TPSA) is 51.2 Å². The Labute approximate surface area is 138 Å². The zero-order chi connectivity index (χ0) is 16.2. The van der Waals surface area contributed by atoms with Gasteiger partial charge in [0.15, 0.2) is 5.13 Å². The number of carbonyl (C=O) groups is 1. The SMILES string of the molecule is COc1ccccc1-c1csc(NC(=O)c2cccc(C)c2)n1. The van der Waals surface area contributed by atoms with Crippen LogP contribution in [-0.4, -0.2) is 18.0 Å². The summed E-state index contributed by atoms with van der Waals surface area (Å²) in [6, 6.07) is 15.1. The van der Waals surface area contributed by atoms with Gasteiger partial charge in [-0.25, -0.2) is 4.98 Å². The Morgan fingerprint density at radius 2 is 2.00 bits per heavy atom. The van der Waals surface area contributed by atoms with Crippen LogP contribution in [0, 0.1) is 6.92 Å². The van der Waals surface area contributed by atoms with Crippen molar-refractivity contribution in [1.82, 2.24) is 4.98 Å². The Balaban J connectivity index is 1.81. The number of nitrogens with one attached hydrogen (secondary N) is 1. The highest BCUT2D eigenvalue weighted by Gasteiger charge is 2.12. The summed E-state index contributed by atoms with van der Waals surface area (Å²) >= 11 is 1.39. The maximum Gasteiger partial charge on any atom is 0.257 e. The van der Waals surface area contributed by atoms with Crippen molar-refractivity contribution in [2.24, 2.45) is 0 Å². The largest absolute Gasteiger partial charge is 0.496 e. The van der Waals surface area contributed by atoms with Crippen LogP contribution in [0.25, 0.3) is 11.3 Å². The van der Waals surface area contributed by atoms with Gasteiger partial charge in [0.1, 0.15) is 5.75 Å². The first-order valence-electron chi connectivity index (χ1n) is 7.14. The summed E-state index contributed by atoms with van der Waals surface area (Å²) in [5.74, 6) is 0.601. The van der Waals surface area contributed by atoms with Gasteiger partial charge in [-0.2, -0.15) is 0 Å². The van der Waals surface area contributed by atoms with Crippen LogP contribution < -0.4 is 10.1 Å². The molecule has 3 rings (SSSR count). The van der Waals surface area contributed by atoms with E-state index in [1.807, 2.05) is 54.8 Å². The number of thiazole rings is 1. The average molecular weight is 324 g/mol. The minimum Gasteiger partial charge on any atom is -0.496 e. The van der Waals surface area contributed by atoms with E-state index < -0.39 is 0 Å². The summed E-state index contributed by atoms with van der Waals surface area (Å²) in [7, 11) is 1.63. The highest BCUT2D eigenvalue weighted by atomic mass is 32.1. The van der Waals surface area contributed by atoms with Crippen LogP contribution >= 0.6 is 11.3 Å². The lowest BCUT2D eigenvalue weighted by Gasteiger charge is -2.05. The Bertz CT molecular complexity index is 842. The lowest BCUT2D eigenvalue weighted by Crippen LogP contribution is -2.11. The second kappa shape index (κ2) is 6.62. The van der Waals surface area contributed by atoms with Gasteiger partial charge in [-0.05, 0) is 31.2 Å². The number of anilines is 1. The number of ether oxygens (including phenoxy) is 1. The molecule has 0 unspecified atom stereocenters. The third-order valence-electron chi connectivity index (χ3n) is 3.39. The van der Waals surface area contributed by atoms with Crippen LogP contribution in [-0.2, 0) is 0 Å². The number of nitrogens with zero attached hydrogens (tertiary/aromatic N) is 1. The van der Waals surface area contributed by atoms with E-state index in [1.165, 1.54) is 11.3 Å². The molecule has 1 N–H and O–H groups in total. The van der Waals surface area contributed by atoms with Crippen molar-refractivity contribution in [3.05, 3.63) is 65.0 Å². The number of hydrogen-bond donors (Lipinski definition) is 1. The van der Waals surface area contributed by atoms with E-state index in [2.05, 4.69) is 10.3 Å². The zero-order valence-corrected chi connectivity index (χ0v) is 13.7. The molecule has 116 valence electrons. The smallest absolute Gasteiger partial charge is 0.257 e. The minimum atomic E-state index is -0.158. The number of rotatable bonds is 4. The fourth-order valence-corrected chi connectivity index (χ4v) is 2.97. The molecule has 0 atom stereocenters. The molecular weight excluding hydrogens is 308 g/mol. The van der Waals surface area contributed by atoms with Crippen LogP contribution in [0.15, 0.2) is 53.9 Å². The van der Waals surface area contributed by atoms with Crippen molar-refractivity contribution in [3.8, 4) is 17.0 Å². The van der Waals surface area contributed by atoms with E-state index in [-0.39, 0.29) is 5.91 Å². The summed E-state index contributed by atoms with van der Waals surface area (Å²) in [5.41, 5.74) is 3.36. The molecule has 0 aliphatic heterocycles. The summed E-state index contributed by atoms with van der Waals surface area (Å²) in [4.78, 5) is 16.7. The van der Waals surface area contributed by atoms with Gasteiger partial charge < -0.3 is 4.74 Å². The van der Waals surface area contributed by atoms with Crippen molar-refractivity contribution in [2.75, 3.05) is 12.4 Å². The molecule has 0 saturated carbocycles. The molecule has 23 heavy (non-hydrogen) atoms. The summed E-state index contributed by atoms with van der Waals surface area (Å²) in [6.07, 6.45) is 0. The molecule has 1 amide bonds. The van der Waals surface area contributed by atoms with Crippen molar-refractivity contribution in [3.63, 3.8) is 0 Å². The zero-order valence-electron chi connectivity index (χ0n) is 12.9. The molecule has 0 bridgehead atoms. The fraction of sp³-hybridized carbons (Fsp3) is 0.111. The van der Waals surface area contributed by atoms with Gasteiger partial charge in [-0.15, -0.1) is 11.3 Å². The highest BCUT2D eigenvalue weighted by Crippen LogP contribution is 2.31. The van der Waals surface area contributed by atoms with Crippen LogP contribution in [0.2, 0.25) is 0 Å². The monoisotopic (exact) mass is 324 g/mol. The van der Waals surface area contributed by atoms with Crippen LogP contribution in [0.3, 0.4) is 0 Å². The standard InChI is InChI=1S/C18H16N2O2S/c1-12-6-5-7-13(10-12)17(21)20-18-19-15(11-23-18)14-8-3-4-9-16(14)22-2/h3-11H,1-2H3,(H,19,20,21). The first kappa shape index (κ1) is 15.2. The van der Waals surface area contributed by atoms with Crippen molar-refractivity contribution in [1.29, 1.82) is 0 Å². The average Bonchev–Trinajstić information content (AvgIpc) is 3.03. The lowest BCUT2D eigenvalue weighted by atomic mass is 10.1. The Kier molecular flexibility index (Phi) is 4.39. The first-order chi connectivity index (χ1) is 11.2. The molecule has 4 nitrogen and oxygen atoms in total. The number of amides is 1. The van der Waals surface area contributed by atoms with E-state index in [4.69, 9.17) is 4.74 Å². The van der Waals surface area contributed by atoms with Gasteiger partial charge in [-0.3, -0.25) is 10.1 Å². The number of aryl methyl sites for hydroxylation is 1. The molecule has 2 aromatic carbocycles. The molecule has 0 saturated heterocycles. The second-order valence-corrected chi connectivity index (χ2v) is 5.92. The Hall–Kier alpha value is -2.66. The van der Waals surface area contributed by atoms with E-state index in [9.17, 15) is 4.79 Å². The van der Waals surface area contributed by atoms with Crippen molar-refractivity contribution >= 4 is 22.4 Å². The number of benzene rings is 2. The molecule has 0 radical (unpaired) electrons. The number of hydrogen-bond acceptors (Lipinski definition) is 4. The molecule has 0 spiro atoms. The second-order valence-electron chi connectivity index (χ2n) is 5.06. The van der Waals surface area contributed by atoms with Crippen LogP contribution in [0.5, 0.6) is 5.75 Å². The fourth-order valence-electron chi connectivity index (χ4n) is 2.27. The summed E-state index contributed by atoms with van der Waals surface area (Å²) in [6.45, 7) is 1.96. The molecule has 1 aromatic heterocycles. The quantitative estimate of drug-likeness (QED) is 0.775. The molecule has 0 aliphatic carbocycles. The molecule has 0 fully saturated rings. The highest BCUT2D eigenvalue weighted by molar-refractivity contribution is 7.14. The van der Waals surface area contributed by atoms with E-state index >= 15 is 0 Å². The number of methoxy groups -OCH3 is 1. The molecule has 3 aromatic rings. The minimum absolute atomic E-state index is 0.158. The molecule has 0 aliphatic rings. The Morgan fingerprint density at radius 3 is 2.78 bits per heavy atom. The van der Waals surface area contributed by atoms with Gasteiger partial charge >= 0.3 is 0 Å². The van der Waals surface area contributed by atoms with Crippen LogP contribution in [0.1, 0.15) is 15.9 Å². The van der Waals surface area contributed by atoms with Gasteiger partial charge in [0.25, 0.3) is 5.91 Å². The summed E-state index contributed by atoms with van der Waals surface area (Å²) < 4.78 is 5.35. The Morgan fingerprint density at radius 1 is 1.17 bits per heavy atom. The van der Waals surface area contributed by atoms with Gasteiger partial charge in [0.2, 0.25) is 0 Å². The third kappa shape index (κ3) is 3.40. The van der Waals surface area contributed by atoms with E-state index in [0.29, 0.717) is 10.7 Å². The van der Waals surface area contributed by atoms with E-state index in [0.717, 1.165) is 22.6 Å². The van der Waals surface area contributed by atoms with E-state index in [1.54, 1.807) is 13.2 Å². The van der Waals surface area contributed by atoms with Gasteiger partial charge in [0.05, 0.1) is 12.8 Å². The van der Waals surface area contributed by atoms with Gasteiger partial charge in [0, 0.05) is 16.5 Å². The number of aromatic nitrogens is 1. The molecule has 1 heterocycles. The first-order valence-corrected chi connectivity index (χ1v) is 8.02. The lowest BCUT2D eigenvalue weighted by molar-refractivity contribution is 0.102. The predicted molar refractivity (Wildman–Crippen MR) is 93.2 cm³/mol. The van der Waals surface area contributed by atoms with Crippen molar-refractivity contribution in [2.45, 2.75) is 6.92 Å². The third-order valence-corrected chi connectivity index (χ3v) is 4.15. The van der Waals surface area contributed by atoms with Crippen molar-refractivity contribution < 1.29 is 9.53 Å². The summed E-state index contributed by atoms with van der Waals surface area (Å²) in [5, 5.41) is 5.31. The van der Waals surface area contributed by atoms with Gasteiger partial charge in [-0.1, -0.05) is 29.8 Å². The maximum absolute atomic E-state index is 12.3. The normalized spacial score (nSPS) is 10.3. The molecule has 5 heteroatoms. The number of para-hydroxylation sites is 1. The molecular formula is C18H16N2O2S. The van der Waals surface area contributed by atoms with Crippen LogP contribution in [0.4, 0.5) is 5.13 Å². The number of carbonyl (C=O) groups excluding carboxylic acids is 1. The predicted octanol–water partition coefficient (Wildman–Crippen LogP) is 4.38.